The molecule has 6 nitrogen and oxygen atoms in total. The van der Waals surface area contributed by atoms with Crippen molar-refractivity contribution in [2.24, 2.45) is 0 Å². The maximum atomic E-state index is 6.54. The minimum absolute atomic E-state index is 0.526. The average molecular weight is 1780 g/mol. The van der Waals surface area contributed by atoms with Gasteiger partial charge in [0.25, 0.3) is 0 Å². The first-order chi connectivity index (χ1) is 69.5. The molecule has 0 fully saturated rings. The van der Waals surface area contributed by atoms with Gasteiger partial charge < -0.3 is 27.8 Å². The van der Waals surface area contributed by atoms with Gasteiger partial charge in [0.1, 0.15) is 22.3 Å². The number of furan rings is 2. The minimum Gasteiger partial charge on any atom is -0.456 e. The highest BCUT2D eigenvalue weighted by atomic mass is 16.3. The Hall–Kier alpha value is -18.4. The Bertz CT molecular complexity index is 10200. The molecular weight excluding hydrogens is 1700 g/mol. The van der Waals surface area contributed by atoms with Crippen molar-refractivity contribution >= 4 is 186 Å². The van der Waals surface area contributed by atoms with E-state index in [0.717, 1.165) is 100 Å². The summed E-state index contributed by atoms with van der Waals surface area (Å²) >= 11 is 0. The van der Waals surface area contributed by atoms with Gasteiger partial charge in [-0.05, 0) is 269 Å². The molecule has 2 atom stereocenters. The summed E-state index contributed by atoms with van der Waals surface area (Å²) in [5.74, 6) is 0. The minimum atomic E-state index is -0.530. The maximum absolute atomic E-state index is 6.54. The van der Waals surface area contributed by atoms with Crippen LogP contribution in [0.5, 0.6) is 0 Å². The number of hydrogen-bond acceptors (Lipinski definition) is 4. The summed E-state index contributed by atoms with van der Waals surface area (Å²) in [4.78, 5) is 4.91. The maximum Gasteiger partial charge on any atom is 0.143 e. The standard InChI is InChI=1S/2C67H40N2O/c1-2-17-48-46(15-1)47-16-3-4-18-49(47)56-39-43(35-37-50(48)56)68(42-33-31-41(32-34-42)45-22-13-24-55-53-21-7-12-30-64(53)70-66(45)55)44-36-38-59-57(40-44)51-19-5-8-25-58(51)67(59)60-26-9-11-29-63(60)69-62-28-10-6-20-52(62)54-23-14-27-61(67)65(54)69;1-2-16-48-46(14-1)47-15-3-4-17-49(47)55-39-44(33-35-50(48)55)68(43-31-28-41(29-32-43)42-30-37-65-57(38-42)53-20-7-12-27-64(53)70-65)45-34-36-59-56(40-45)51-18-5-8-22-58(51)67(59)60-23-9-11-26-63(60)69-62-25-10-6-19-52(62)54-21-13-24-61(67)66(54)69/h2*1-40H. The second-order valence-electron chi connectivity index (χ2n) is 38.2. The molecule has 2 aliphatic carbocycles. The number of fused-ring (bicyclic) bond motifs is 42. The van der Waals surface area contributed by atoms with Crippen molar-refractivity contribution in [1.29, 1.82) is 0 Å². The van der Waals surface area contributed by atoms with Crippen LogP contribution in [-0.2, 0) is 10.8 Å². The van der Waals surface area contributed by atoms with Crippen LogP contribution in [0.15, 0.2) is 494 Å². The summed E-state index contributed by atoms with van der Waals surface area (Å²) in [6.07, 6.45) is 0. The molecule has 6 heteroatoms. The van der Waals surface area contributed by atoms with Gasteiger partial charge in [0.2, 0.25) is 0 Å². The van der Waals surface area contributed by atoms with Gasteiger partial charge >= 0.3 is 0 Å². The van der Waals surface area contributed by atoms with Crippen molar-refractivity contribution < 1.29 is 8.83 Å². The van der Waals surface area contributed by atoms with Gasteiger partial charge in [0.15, 0.2) is 0 Å². The van der Waals surface area contributed by atoms with Gasteiger partial charge in [0, 0.05) is 82.8 Å². The van der Waals surface area contributed by atoms with Crippen molar-refractivity contribution in [1.82, 2.24) is 9.13 Å². The third kappa shape index (κ3) is 10.5. The molecule has 0 saturated carbocycles. The SMILES string of the molecule is c1ccc2c(c1)-c1cc(N(c3ccc(-c4ccc5oc6ccccc6c5c4)cc3)c3ccc4c5ccccc5c5ccccc5c4c3)ccc1C21c2ccccc2-n2c3ccccc3c3cccc1c32.c1ccc2c(c1)-c1cc(N(c3ccc(-c4cccc5c4oc4ccccc45)cc3)c3ccc4c5ccccc5c5ccccc5c4c3)ccc1C21c2ccccc2-n2c3ccccc3c3cccc1c32. The number of anilines is 6. The lowest BCUT2D eigenvalue weighted by molar-refractivity contribution is 0.669. The third-order valence-electron chi connectivity index (χ3n) is 31.5. The number of aromatic nitrogens is 2. The molecule has 4 aliphatic rings. The van der Waals surface area contributed by atoms with E-state index in [1.807, 2.05) is 18.2 Å². The zero-order valence-corrected chi connectivity index (χ0v) is 75.8. The predicted molar refractivity (Wildman–Crippen MR) is 583 cm³/mol. The van der Waals surface area contributed by atoms with Crippen LogP contribution in [0.2, 0.25) is 0 Å². The molecule has 28 aromatic rings. The van der Waals surface area contributed by atoms with Crippen LogP contribution in [0.4, 0.5) is 34.1 Å². The summed E-state index contributed by atoms with van der Waals surface area (Å²) in [6.45, 7) is 0. The normalized spacial score (nSPS) is 14.6. The van der Waals surface area contributed by atoms with Crippen LogP contribution in [0.1, 0.15) is 44.5 Å². The van der Waals surface area contributed by atoms with E-state index in [0.29, 0.717) is 0 Å². The molecule has 2 aliphatic heterocycles. The molecule has 0 amide bonds. The van der Waals surface area contributed by atoms with Gasteiger partial charge in [-0.15, -0.1) is 0 Å². The van der Waals surface area contributed by atoms with Crippen LogP contribution in [-0.4, -0.2) is 9.13 Å². The van der Waals surface area contributed by atoms with Crippen LogP contribution in [0.3, 0.4) is 0 Å². The van der Waals surface area contributed by atoms with Gasteiger partial charge in [-0.1, -0.05) is 364 Å². The molecule has 0 saturated heterocycles. The Kier molecular flexibility index (Phi) is 16.0. The van der Waals surface area contributed by atoms with E-state index in [1.54, 1.807) is 0 Å². The second-order valence-corrected chi connectivity index (χ2v) is 38.2. The zero-order valence-electron chi connectivity index (χ0n) is 75.8. The Morgan fingerprint density at radius 2 is 0.479 bits per heavy atom. The van der Waals surface area contributed by atoms with E-state index >= 15 is 0 Å². The first-order valence-corrected chi connectivity index (χ1v) is 48.5. The topological polar surface area (TPSA) is 42.6 Å². The molecule has 648 valence electrons. The Balaban J connectivity index is 0.000000129. The highest BCUT2D eigenvalue weighted by Gasteiger charge is 2.53. The van der Waals surface area contributed by atoms with E-state index in [2.05, 4.69) is 486 Å². The van der Waals surface area contributed by atoms with Crippen LogP contribution in [0.25, 0.3) is 208 Å². The van der Waals surface area contributed by atoms with Crippen molar-refractivity contribution in [2.75, 3.05) is 9.80 Å². The number of nitrogens with zero attached hydrogens (tertiary/aromatic N) is 4. The lowest BCUT2D eigenvalue weighted by Gasteiger charge is -2.39. The summed E-state index contributed by atoms with van der Waals surface area (Å²) in [5.41, 5.74) is 36.7. The lowest BCUT2D eigenvalue weighted by atomic mass is 9.65. The smallest absolute Gasteiger partial charge is 0.143 e. The van der Waals surface area contributed by atoms with Gasteiger partial charge in [-0.25, -0.2) is 0 Å². The summed E-state index contributed by atoms with van der Waals surface area (Å²) in [5, 5.41) is 24.7. The molecule has 0 N–H and O–H groups in total. The monoisotopic (exact) mass is 1780 g/mol. The van der Waals surface area contributed by atoms with E-state index in [1.165, 1.54) is 186 Å². The molecule has 0 radical (unpaired) electrons. The van der Waals surface area contributed by atoms with Crippen LogP contribution in [0, 0.1) is 0 Å². The van der Waals surface area contributed by atoms with Crippen LogP contribution >= 0.6 is 0 Å². The van der Waals surface area contributed by atoms with Gasteiger partial charge in [0.05, 0.1) is 44.3 Å². The molecule has 4 aromatic heterocycles. The quantitative estimate of drug-likeness (QED) is 0.142. The van der Waals surface area contributed by atoms with Crippen LogP contribution < -0.4 is 9.80 Å². The number of benzene rings is 24. The summed E-state index contributed by atoms with van der Waals surface area (Å²) in [6, 6.07) is 180. The molecule has 140 heavy (non-hydrogen) atoms. The van der Waals surface area contributed by atoms with E-state index in [9.17, 15) is 0 Å². The summed E-state index contributed by atoms with van der Waals surface area (Å²) < 4.78 is 17.8. The molecular formula is C134H80N4O2. The molecule has 24 aromatic carbocycles. The first-order valence-electron chi connectivity index (χ1n) is 48.5. The largest absolute Gasteiger partial charge is 0.456 e. The number of rotatable bonds is 8. The van der Waals surface area contributed by atoms with Crippen molar-refractivity contribution in [3.63, 3.8) is 0 Å². The highest BCUT2D eigenvalue weighted by molar-refractivity contribution is 6.28. The van der Waals surface area contributed by atoms with Crippen molar-refractivity contribution in [3.05, 3.63) is 530 Å². The van der Waals surface area contributed by atoms with Gasteiger partial charge in [-0.3, -0.25) is 0 Å². The third-order valence-corrected chi connectivity index (χ3v) is 31.5. The number of hydrogen-bond donors (Lipinski definition) is 0. The molecule has 6 heterocycles. The zero-order chi connectivity index (χ0) is 91.3. The highest BCUT2D eigenvalue weighted by Crippen LogP contribution is 2.65. The van der Waals surface area contributed by atoms with Gasteiger partial charge in [-0.2, -0.15) is 0 Å². The number of para-hydroxylation sites is 9. The average Bonchev–Trinajstić information content (AvgIpc) is 1.50. The lowest BCUT2D eigenvalue weighted by Crippen LogP contribution is -2.33. The van der Waals surface area contributed by atoms with E-state index in [-0.39, 0.29) is 0 Å². The second kappa shape index (κ2) is 29.1. The fourth-order valence-corrected chi connectivity index (χ4v) is 25.8. The Morgan fingerprint density at radius 1 is 0.164 bits per heavy atom. The predicted octanol–water partition coefficient (Wildman–Crippen LogP) is 35.9. The Morgan fingerprint density at radius 3 is 0.964 bits per heavy atom. The first kappa shape index (κ1) is 77.0. The Labute approximate surface area is 804 Å². The van der Waals surface area contributed by atoms with Crippen molar-refractivity contribution in [2.45, 2.75) is 10.8 Å². The van der Waals surface area contributed by atoms with E-state index in [4.69, 9.17) is 8.83 Å². The summed E-state index contributed by atoms with van der Waals surface area (Å²) in [7, 11) is 0. The van der Waals surface area contributed by atoms with Crippen molar-refractivity contribution in [3.8, 4) is 55.9 Å². The molecule has 32 rings (SSSR count). The molecule has 2 spiro atoms. The fourth-order valence-electron chi connectivity index (χ4n) is 25.8. The molecule has 2 unspecified atom stereocenters. The fraction of sp³-hybridized carbons (Fsp3) is 0.0149. The van der Waals surface area contributed by atoms with E-state index < -0.39 is 10.8 Å². The molecule has 0 bridgehead atoms.